The van der Waals surface area contributed by atoms with Gasteiger partial charge in [0.15, 0.2) is 21.6 Å². The van der Waals surface area contributed by atoms with Gasteiger partial charge >= 0.3 is 29.9 Å². The lowest BCUT2D eigenvalue weighted by Gasteiger charge is -2.26. The summed E-state index contributed by atoms with van der Waals surface area (Å²) in [7, 11) is -1.84. The van der Waals surface area contributed by atoms with Crippen LogP contribution in [-0.2, 0) is 21.9 Å². The lowest BCUT2D eigenvalue weighted by atomic mass is 10.0. The summed E-state index contributed by atoms with van der Waals surface area (Å²) < 4.78 is 154. The molecule has 2 aromatic carbocycles. The highest BCUT2D eigenvalue weighted by Gasteiger charge is 2.67. The molecule has 216 valence electrons. The zero-order chi connectivity index (χ0) is 30.1. The summed E-state index contributed by atoms with van der Waals surface area (Å²) in [6, 6.07) is 8.70. The Kier molecular flexibility index (Phi) is 8.86. The first-order valence-electron chi connectivity index (χ1n) is 9.97. The van der Waals surface area contributed by atoms with E-state index >= 15 is 0 Å². The molecular weight excluding hydrogens is 581 g/mol. The predicted molar refractivity (Wildman–Crippen MR) is 113 cm³/mol. The number of aromatic nitrogens is 1. The van der Waals surface area contributed by atoms with Gasteiger partial charge in [0.05, 0.1) is 36.6 Å². The molecule has 0 saturated carbocycles. The normalized spacial score (nSPS) is 14.0. The van der Waals surface area contributed by atoms with Gasteiger partial charge < -0.3 is 18.8 Å². The lowest BCUT2D eigenvalue weighted by molar-refractivity contribution is -0.617. The number of carbonyl (C=O) groups excluding carboxylic acids is 1. The van der Waals surface area contributed by atoms with E-state index in [9.17, 15) is 44.3 Å². The fourth-order valence-electron chi connectivity index (χ4n) is 3.23. The molecule has 3 rings (SSSR count). The maximum Gasteiger partial charge on any atom is 0.485 e. The number of ether oxygens (including phenoxy) is 3. The van der Waals surface area contributed by atoms with E-state index in [0.717, 1.165) is 0 Å². The van der Waals surface area contributed by atoms with Gasteiger partial charge in [-0.05, 0) is 12.1 Å². The number of carbonyl (C=O) groups is 1. The minimum absolute atomic E-state index is 0.0114. The summed E-state index contributed by atoms with van der Waals surface area (Å²) in [4.78, 5) is 12.7. The molecule has 0 fully saturated rings. The first-order valence-corrected chi connectivity index (χ1v) is 11.4. The quantitative estimate of drug-likeness (QED) is 0.106. The summed E-state index contributed by atoms with van der Waals surface area (Å²) in [5, 5.41) is 0.0520. The highest BCUT2D eigenvalue weighted by Crippen LogP contribution is 2.42. The molecule has 0 spiro atoms. The number of aryl methyl sites for hydroxylation is 1. The second kappa shape index (κ2) is 10.9. The zero-order valence-electron chi connectivity index (χ0n) is 19.7. The SMILES string of the molecule is COc1cc2c(C(=O)OC(F)(C(F)F)C(F)(F)F)c3ccccc3[n+](C)c2cc1OC.O=S(=O)([O-])C(F)(F)F. The Morgan fingerprint density at radius 3 is 1.82 bits per heavy atom. The van der Waals surface area contributed by atoms with Crippen LogP contribution in [0.1, 0.15) is 10.4 Å². The van der Waals surface area contributed by atoms with E-state index in [4.69, 9.17) is 22.4 Å². The highest BCUT2D eigenvalue weighted by atomic mass is 32.2. The van der Waals surface area contributed by atoms with Gasteiger partial charge in [-0.25, -0.2) is 22.0 Å². The van der Waals surface area contributed by atoms with Crippen molar-refractivity contribution < 1.29 is 76.1 Å². The second-order valence-corrected chi connectivity index (χ2v) is 8.78. The largest absolute Gasteiger partial charge is 0.741 e. The van der Waals surface area contributed by atoms with Crippen molar-refractivity contribution in [2.24, 2.45) is 7.05 Å². The maximum absolute atomic E-state index is 14.1. The average Bonchev–Trinajstić information content (AvgIpc) is 2.81. The van der Waals surface area contributed by atoms with Crippen molar-refractivity contribution in [2.45, 2.75) is 24.0 Å². The van der Waals surface area contributed by atoms with E-state index in [1.54, 1.807) is 23.7 Å². The zero-order valence-corrected chi connectivity index (χ0v) is 20.5. The average molecular weight is 597 g/mol. The Bertz CT molecular complexity index is 1490. The van der Waals surface area contributed by atoms with Crippen LogP contribution < -0.4 is 14.0 Å². The number of hydrogen-bond acceptors (Lipinski definition) is 7. The Labute approximate surface area is 213 Å². The van der Waals surface area contributed by atoms with Gasteiger partial charge in [-0.3, -0.25) is 0 Å². The van der Waals surface area contributed by atoms with Gasteiger partial charge in [-0.1, -0.05) is 12.1 Å². The van der Waals surface area contributed by atoms with Crippen LogP contribution in [0.25, 0.3) is 21.8 Å². The van der Waals surface area contributed by atoms with E-state index in [2.05, 4.69) is 4.74 Å². The van der Waals surface area contributed by atoms with E-state index in [-0.39, 0.29) is 27.8 Å². The van der Waals surface area contributed by atoms with Gasteiger partial charge in [0.2, 0.25) is 11.0 Å². The van der Waals surface area contributed by atoms with Crippen LogP contribution in [0.15, 0.2) is 36.4 Å². The molecule has 1 atom stereocenters. The van der Waals surface area contributed by atoms with Gasteiger partial charge in [0.1, 0.15) is 7.05 Å². The van der Waals surface area contributed by atoms with Gasteiger partial charge in [0, 0.05) is 6.07 Å². The standard InChI is InChI=1S/C20H16F6NO4.CHF3O3S/c1-27-12-7-5-4-6-10(12)16(11-8-14(29-2)15(30-3)9-13(11)27)17(28)31-19(23,18(21)22)20(24,25)26;2-1(3,4)8(5,6)7/h4-9,18H,1-3H3;(H,5,6,7)/q+1;/p-1. The van der Waals surface area contributed by atoms with E-state index in [1.165, 1.54) is 38.5 Å². The monoisotopic (exact) mass is 597 g/mol. The molecule has 0 radical (unpaired) electrons. The number of para-hydroxylation sites is 1. The van der Waals surface area contributed by atoms with Gasteiger partial charge in [-0.15, -0.1) is 0 Å². The third-order valence-corrected chi connectivity index (χ3v) is 5.63. The fourth-order valence-corrected chi connectivity index (χ4v) is 3.23. The topological polar surface area (TPSA) is 106 Å². The van der Waals surface area contributed by atoms with Crippen molar-refractivity contribution in [3.8, 4) is 11.5 Å². The summed E-state index contributed by atoms with van der Waals surface area (Å²) in [6.45, 7) is 0. The summed E-state index contributed by atoms with van der Waals surface area (Å²) in [5.74, 6) is -7.04. The molecule has 39 heavy (non-hydrogen) atoms. The molecule has 0 N–H and O–H groups in total. The minimum Gasteiger partial charge on any atom is -0.741 e. The van der Waals surface area contributed by atoms with Crippen LogP contribution in [0.2, 0.25) is 0 Å². The number of hydrogen-bond donors (Lipinski definition) is 0. The molecule has 1 unspecified atom stereocenters. The van der Waals surface area contributed by atoms with Crippen molar-refractivity contribution in [3.63, 3.8) is 0 Å². The highest BCUT2D eigenvalue weighted by molar-refractivity contribution is 7.86. The summed E-state index contributed by atoms with van der Waals surface area (Å²) in [5.41, 5.74) is -5.55. The van der Waals surface area contributed by atoms with Gasteiger partial charge in [-0.2, -0.15) is 35.3 Å². The number of alkyl halides is 9. The predicted octanol–water partition coefficient (Wildman–Crippen LogP) is 4.54. The van der Waals surface area contributed by atoms with Crippen molar-refractivity contribution in [1.29, 1.82) is 0 Å². The molecule has 8 nitrogen and oxygen atoms in total. The number of fused-ring (bicyclic) bond motifs is 2. The van der Waals surface area contributed by atoms with Crippen molar-refractivity contribution >= 4 is 37.9 Å². The van der Waals surface area contributed by atoms with Crippen LogP contribution in [0, 0.1) is 0 Å². The molecule has 1 aromatic heterocycles. The van der Waals surface area contributed by atoms with Crippen LogP contribution in [0.4, 0.5) is 39.5 Å². The fraction of sp³-hybridized carbons (Fsp3) is 0.333. The van der Waals surface area contributed by atoms with Crippen molar-refractivity contribution in [3.05, 3.63) is 42.0 Å². The van der Waals surface area contributed by atoms with Crippen LogP contribution in [0.5, 0.6) is 11.5 Å². The molecule has 0 aliphatic rings. The number of methoxy groups -OCH3 is 2. The molecule has 0 bridgehead atoms. The lowest BCUT2D eigenvalue weighted by Crippen LogP contribution is -2.51. The van der Waals surface area contributed by atoms with Crippen LogP contribution in [0.3, 0.4) is 0 Å². The number of rotatable bonds is 5. The number of halogens is 9. The second-order valence-electron chi connectivity index (χ2n) is 7.41. The number of pyridine rings is 1. The molecule has 1 heterocycles. The third-order valence-electron chi connectivity index (χ3n) is 5.06. The minimum atomic E-state index is -6.15. The Morgan fingerprint density at radius 2 is 1.38 bits per heavy atom. The molecule has 3 aromatic rings. The molecular formula is C21H16F9NO7S. The van der Waals surface area contributed by atoms with E-state index in [0.29, 0.717) is 5.52 Å². The number of benzene rings is 2. The third kappa shape index (κ3) is 6.21. The Balaban J connectivity index is 0.000000580. The molecule has 0 aliphatic heterocycles. The summed E-state index contributed by atoms with van der Waals surface area (Å²) >= 11 is 0. The Hall–Kier alpha value is -3.54. The summed E-state index contributed by atoms with van der Waals surface area (Å²) in [6.07, 6.45) is -10.8. The van der Waals surface area contributed by atoms with Crippen LogP contribution >= 0.6 is 0 Å². The van der Waals surface area contributed by atoms with Crippen molar-refractivity contribution in [2.75, 3.05) is 14.2 Å². The maximum atomic E-state index is 14.1. The molecule has 0 aliphatic carbocycles. The van der Waals surface area contributed by atoms with E-state index < -0.39 is 45.6 Å². The smallest absolute Gasteiger partial charge is 0.485 e. The molecule has 0 amide bonds. The van der Waals surface area contributed by atoms with Crippen molar-refractivity contribution in [1.82, 2.24) is 0 Å². The molecule has 18 heteroatoms. The van der Waals surface area contributed by atoms with Crippen LogP contribution in [-0.4, -0.2) is 57.1 Å². The van der Waals surface area contributed by atoms with Gasteiger partial charge in [0.25, 0.3) is 0 Å². The Morgan fingerprint density at radius 1 is 0.897 bits per heavy atom. The first-order chi connectivity index (χ1) is 17.7. The first kappa shape index (κ1) is 31.7. The molecule has 0 saturated heterocycles. The number of nitrogens with zero attached hydrogens (tertiary/aromatic N) is 1. The van der Waals surface area contributed by atoms with E-state index in [1.807, 2.05) is 0 Å². The number of esters is 1.